The highest BCUT2D eigenvalue weighted by Crippen LogP contribution is 2.29. The Bertz CT molecular complexity index is 1470. The number of carboxylic acid groups (broad SMARTS) is 1. The van der Waals surface area contributed by atoms with Gasteiger partial charge in [0.15, 0.2) is 5.69 Å². The number of carbonyl (C=O) groups is 1. The molecule has 0 bridgehead atoms. The Kier molecular flexibility index (Phi) is 5.86. The fraction of sp³-hybridized carbons (Fsp3) is 0.167. The van der Waals surface area contributed by atoms with E-state index in [4.69, 9.17) is 16.6 Å². The molecule has 33 heavy (non-hydrogen) atoms. The zero-order valence-corrected chi connectivity index (χ0v) is 18.8. The smallest absolute Gasteiger partial charge is 0.356 e. The van der Waals surface area contributed by atoms with Crippen molar-refractivity contribution in [3.05, 3.63) is 86.7 Å². The summed E-state index contributed by atoms with van der Waals surface area (Å²) < 4.78 is 15.2. The van der Waals surface area contributed by atoms with E-state index in [1.165, 1.54) is 28.8 Å². The number of benzene rings is 2. The molecule has 2 N–H and O–H groups in total. The van der Waals surface area contributed by atoms with Crippen LogP contribution in [0.25, 0.3) is 22.3 Å². The van der Waals surface area contributed by atoms with Crippen molar-refractivity contribution in [2.45, 2.75) is 19.9 Å². The minimum atomic E-state index is -1.22. The molecule has 0 aliphatic carbocycles. The molecule has 2 aromatic heterocycles. The number of anilines is 1. The number of halogens is 2. The highest BCUT2D eigenvalue weighted by Gasteiger charge is 2.20. The topological polar surface area (TPSA) is 97.1 Å². The maximum Gasteiger partial charge on any atom is 0.356 e. The van der Waals surface area contributed by atoms with E-state index in [-0.39, 0.29) is 22.1 Å². The average Bonchev–Trinajstić information content (AvgIpc) is 2.77. The normalized spacial score (nSPS) is 12.0. The van der Waals surface area contributed by atoms with Gasteiger partial charge >= 0.3 is 5.97 Å². The molecule has 1 atom stereocenters. The molecule has 2 aromatic carbocycles. The summed E-state index contributed by atoms with van der Waals surface area (Å²) in [5, 5.41) is 13.1. The summed E-state index contributed by atoms with van der Waals surface area (Å²) in [6.07, 6.45) is 0. The Morgan fingerprint density at radius 2 is 1.94 bits per heavy atom. The van der Waals surface area contributed by atoms with Crippen LogP contribution < -0.4 is 10.9 Å². The van der Waals surface area contributed by atoms with Gasteiger partial charge in [0.2, 0.25) is 0 Å². The van der Waals surface area contributed by atoms with Crippen molar-refractivity contribution in [1.29, 1.82) is 0 Å². The van der Waals surface area contributed by atoms with Crippen LogP contribution in [0.2, 0.25) is 5.15 Å². The summed E-state index contributed by atoms with van der Waals surface area (Å²) >= 11 is 5.86. The molecule has 168 valence electrons. The highest BCUT2D eigenvalue weighted by molar-refractivity contribution is 6.29. The van der Waals surface area contributed by atoms with E-state index in [9.17, 15) is 19.1 Å². The first kappa shape index (κ1) is 22.4. The molecule has 0 amide bonds. The van der Waals surface area contributed by atoms with Crippen LogP contribution in [0.15, 0.2) is 53.3 Å². The monoisotopic (exact) mass is 466 g/mol. The lowest BCUT2D eigenvalue weighted by Gasteiger charge is -2.20. The van der Waals surface area contributed by atoms with Gasteiger partial charge < -0.3 is 10.4 Å². The number of rotatable bonds is 5. The summed E-state index contributed by atoms with van der Waals surface area (Å²) in [6.45, 7) is 3.69. The van der Waals surface area contributed by atoms with Crippen LogP contribution in [0, 0.1) is 12.7 Å². The van der Waals surface area contributed by atoms with Crippen molar-refractivity contribution in [2.75, 3.05) is 5.32 Å². The maximum absolute atomic E-state index is 13.8. The van der Waals surface area contributed by atoms with E-state index < -0.39 is 17.8 Å². The highest BCUT2D eigenvalue weighted by atomic mass is 35.5. The Hall–Kier alpha value is -3.78. The first-order valence-corrected chi connectivity index (χ1v) is 10.5. The van der Waals surface area contributed by atoms with E-state index in [1.807, 2.05) is 19.9 Å². The van der Waals surface area contributed by atoms with Gasteiger partial charge in [-0.3, -0.25) is 9.36 Å². The molecule has 0 fully saturated rings. The van der Waals surface area contributed by atoms with Gasteiger partial charge in [-0.25, -0.2) is 19.2 Å². The number of nitrogens with zero attached hydrogens (tertiary/aromatic N) is 3. The Balaban J connectivity index is 1.89. The van der Waals surface area contributed by atoms with Crippen LogP contribution >= 0.6 is 11.6 Å². The van der Waals surface area contributed by atoms with Gasteiger partial charge in [-0.2, -0.15) is 0 Å². The molecule has 0 spiro atoms. The summed E-state index contributed by atoms with van der Waals surface area (Å²) in [5.41, 5.74) is 2.25. The SMILES string of the molecule is Cc1cc([C@@H](C)Nc2ccc(Cl)nc2C(=O)O)c2nc(-c3cccc(F)c3)n(C)c(=O)c2c1. The molecule has 0 radical (unpaired) electrons. The van der Waals surface area contributed by atoms with Crippen molar-refractivity contribution in [3.8, 4) is 11.4 Å². The zero-order chi connectivity index (χ0) is 23.9. The molecule has 7 nitrogen and oxygen atoms in total. The quantitative estimate of drug-likeness (QED) is 0.403. The molecule has 0 saturated carbocycles. The van der Waals surface area contributed by atoms with E-state index in [0.29, 0.717) is 27.9 Å². The summed E-state index contributed by atoms with van der Waals surface area (Å²) in [5.74, 6) is -1.33. The van der Waals surface area contributed by atoms with Gasteiger partial charge in [0, 0.05) is 18.2 Å². The first-order valence-electron chi connectivity index (χ1n) is 10.1. The molecule has 2 heterocycles. The number of hydrogen-bond acceptors (Lipinski definition) is 5. The molecule has 0 aliphatic rings. The van der Waals surface area contributed by atoms with Crippen LogP contribution in [-0.2, 0) is 7.05 Å². The van der Waals surface area contributed by atoms with Crippen molar-refractivity contribution in [2.24, 2.45) is 7.05 Å². The second-order valence-corrected chi connectivity index (χ2v) is 8.15. The second kappa shape index (κ2) is 8.63. The lowest BCUT2D eigenvalue weighted by molar-refractivity contribution is 0.0691. The Morgan fingerprint density at radius 1 is 1.18 bits per heavy atom. The third-order valence-electron chi connectivity index (χ3n) is 5.34. The summed E-state index contributed by atoms with van der Waals surface area (Å²) in [6, 6.07) is 12.1. The predicted octanol–water partition coefficient (Wildman–Crippen LogP) is 4.97. The molecule has 0 unspecified atom stereocenters. The van der Waals surface area contributed by atoms with Gasteiger partial charge in [-0.1, -0.05) is 29.8 Å². The molecule has 4 aromatic rings. The van der Waals surface area contributed by atoms with Crippen molar-refractivity contribution >= 4 is 34.2 Å². The van der Waals surface area contributed by atoms with Crippen molar-refractivity contribution < 1.29 is 14.3 Å². The fourth-order valence-corrected chi connectivity index (χ4v) is 3.94. The maximum atomic E-state index is 13.8. The number of aromatic nitrogens is 3. The third-order valence-corrected chi connectivity index (χ3v) is 5.55. The van der Waals surface area contributed by atoms with Crippen molar-refractivity contribution in [1.82, 2.24) is 14.5 Å². The number of hydrogen-bond donors (Lipinski definition) is 2. The first-order chi connectivity index (χ1) is 15.7. The average molecular weight is 467 g/mol. The van der Waals surface area contributed by atoms with E-state index >= 15 is 0 Å². The van der Waals surface area contributed by atoms with Gasteiger partial charge in [0.25, 0.3) is 5.56 Å². The molecule has 0 saturated heterocycles. The number of nitrogens with one attached hydrogen (secondary N) is 1. The number of carboxylic acids is 1. The molecular formula is C24H20ClFN4O3. The molecule has 4 rings (SSSR count). The number of pyridine rings is 1. The third kappa shape index (κ3) is 4.29. The molecule has 0 aliphatic heterocycles. The fourth-order valence-electron chi connectivity index (χ4n) is 3.79. The van der Waals surface area contributed by atoms with Crippen LogP contribution in [-0.4, -0.2) is 25.6 Å². The van der Waals surface area contributed by atoms with Crippen LogP contribution in [0.5, 0.6) is 0 Å². The Labute approximate surface area is 193 Å². The van der Waals surface area contributed by atoms with E-state index in [0.717, 1.165) is 5.56 Å². The summed E-state index contributed by atoms with van der Waals surface area (Å²) in [7, 11) is 1.59. The van der Waals surface area contributed by atoms with Crippen molar-refractivity contribution in [3.63, 3.8) is 0 Å². The molecular weight excluding hydrogens is 447 g/mol. The van der Waals surface area contributed by atoms with E-state index in [2.05, 4.69) is 10.3 Å². The van der Waals surface area contributed by atoms with Crippen LogP contribution in [0.1, 0.15) is 34.6 Å². The predicted molar refractivity (Wildman–Crippen MR) is 125 cm³/mol. The standard InChI is InChI=1S/C24H20ClFN4O3/c1-12-9-16(13(2)27-18-7-8-19(25)28-21(18)24(32)33)20-17(10-12)23(31)30(3)22(29-20)14-5-4-6-15(26)11-14/h4-11,13,27H,1-3H3,(H,32,33)/t13-/m1/s1. The minimum Gasteiger partial charge on any atom is -0.476 e. The number of fused-ring (bicyclic) bond motifs is 1. The van der Waals surface area contributed by atoms with Gasteiger partial charge in [0.1, 0.15) is 16.8 Å². The Morgan fingerprint density at radius 3 is 2.64 bits per heavy atom. The largest absolute Gasteiger partial charge is 0.476 e. The van der Waals surface area contributed by atoms with Crippen LogP contribution in [0.4, 0.5) is 10.1 Å². The summed E-state index contributed by atoms with van der Waals surface area (Å²) in [4.78, 5) is 33.4. The van der Waals surface area contributed by atoms with Crippen LogP contribution in [0.3, 0.4) is 0 Å². The van der Waals surface area contributed by atoms with E-state index in [1.54, 1.807) is 25.2 Å². The number of aryl methyl sites for hydroxylation is 1. The van der Waals surface area contributed by atoms with Gasteiger partial charge in [-0.05, 0) is 49.7 Å². The number of aromatic carboxylic acids is 1. The second-order valence-electron chi connectivity index (χ2n) is 7.76. The van der Waals surface area contributed by atoms with Gasteiger partial charge in [-0.15, -0.1) is 0 Å². The lowest BCUT2D eigenvalue weighted by Crippen LogP contribution is -2.22. The van der Waals surface area contributed by atoms with Gasteiger partial charge in [0.05, 0.1) is 22.6 Å². The molecule has 9 heteroatoms. The minimum absolute atomic E-state index is 0.0662. The zero-order valence-electron chi connectivity index (χ0n) is 18.1. The lowest BCUT2D eigenvalue weighted by atomic mass is 10.0.